The lowest BCUT2D eigenvalue weighted by molar-refractivity contribution is -0.118. The highest BCUT2D eigenvalue weighted by atomic mass is 16.1. The van der Waals surface area contributed by atoms with Gasteiger partial charge in [-0.15, -0.1) is 0 Å². The second kappa shape index (κ2) is 4.08. The van der Waals surface area contributed by atoms with Crippen molar-refractivity contribution < 1.29 is 9.59 Å². The fraction of sp³-hybridized carbons (Fsp3) is 0.733. The van der Waals surface area contributed by atoms with E-state index in [9.17, 15) is 9.59 Å². The van der Waals surface area contributed by atoms with E-state index in [1.165, 1.54) is 5.57 Å². The van der Waals surface area contributed by atoms with Gasteiger partial charge in [0.05, 0.1) is 0 Å². The van der Waals surface area contributed by atoms with Crippen molar-refractivity contribution >= 4 is 11.6 Å². The molecule has 0 aromatic carbocycles. The number of allylic oxidation sites excluding steroid dienone is 2. The third-order valence-corrected chi connectivity index (χ3v) is 4.78. The number of hydrogen-bond acceptors (Lipinski definition) is 2. The van der Waals surface area contributed by atoms with Crippen LogP contribution in [0.15, 0.2) is 11.1 Å². The monoisotopic (exact) mass is 234 g/mol. The molecule has 2 nitrogen and oxygen atoms in total. The van der Waals surface area contributed by atoms with Gasteiger partial charge < -0.3 is 4.79 Å². The minimum Gasteiger partial charge on any atom is -0.300 e. The Hall–Kier alpha value is -0.920. The van der Waals surface area contributed by atoms with E-state index in [4.69, 9.17) is 0 Å². The minimum absolute atomic E-state index is 0.200. The van der Waals surface area contributed by atoms with Crippen LogP contribution in [-0.4, -0.2) is 11.6 Å². The molecule has 0 bridgehead atoms. The molecule has 0 aromatic heterocycles. The van der Waals surface area contributed by atoms with Gasteiger partial charge >= 0.3 is 0 Å². The maximum atomic E-state index is 12.0. The summed E-state index contributed by atoms with van der Waals surface area (Å²) in [7, 11) is 0. The molecule has 2 heteroatoms. The van der Waals surface area contributed by atoms with Crippen molar-refractivity contribution in [2.45, 2.75) is 53.4 Å². The van der Waals surface area contributed by atoms with Gasteiger partial charge in [-0.1, -0.05) is 12.5 Å². The van der Waals surface area contributed by atoms with Crippen LogP contribution in [0.1, 0.15) is 53.4 Å². The van der Waals surface area contributed by atoms with Gasteiger partial charge in [0.2, 0.25) is 0 Å². The van der Waals surface area contributed by atoms with Gasteiger partial charge in [0.1, 0.15) is 5.78 Å². The van der Waals surface area contributed by atoms with Crippen molar-refractivity contribution in [3.05, 3.63) is 11.1 Å². The van der Waals surface area contributed by atoms with Crippen molar-refractivity contribution in [2.24, 2.45) is 17.3 Å². The molecule has 2 saturated carbocycles. The van der Waals surface area contributed by atoms with Crippen LogP contribution >= 0.6 is 0 Å². The number of rotatable bonds is 3. The van der Waals surface area contributed by atoms with Crippen LogP contribution in [0.5, 0.6) is 0 Å². The Bertz CT molecular complexity index is 401. The van der Waals surface area contributed by atoms with Gasteiger partial charge in [0.25, 0.3) is 0 Å². The largest absolute Gasteiger partial charge is 0.300 e. The minimum atomic E-state index is 0.200. The second-order valence-electron chi connectivity index (χ2n) is 6.24. The van der Waals surface area contributed by atoms with Gasteiger partial charge in [0.15, 0.2) is 5.78 Å². The van der Waals surface area contributed by atoms with E-state index in [1.807, 2.05) is 13.8 Å². The highest BCUT2D eigenvalue weighted by Crippen LogP contribution is 2.67. The van der Waals surface area contributed by atoms with Crippen molar-refractivity contribution in [3.8, 4) is 0 Å². The molecule has 17 heavy (non-hydrogen) atoms. The number of carbonyl (C=O) groups excluding carboxylic acids is 2. The van der Waals surface area contributed by atoms with E-state index < -0.39 is 0 Å². The van der Waals surface area contributed by atoms with Crippen molar-refractivity contribution in [1.29, 1.82) is 0 Å². The first-order valence-electron chi connectivity index (χ1n) is 6.55. The molecular formula is C15H22O2. The number of hydrogen-bond donors (Lipinski definition) is 0. The molecule has 0 aliphatic heterocycles. The molecule has 0 unspecified atom stereocenters. The molecular weight excluding hydrogens is 212 g/mol. The average molecular weight is 234 g/mol. The van der Waals surface area contributed by atoms with E-state index >= 15 is 0 Å². The third-order valence-electron chi connectivity index (χ3n) is 4.78. The number of Topliss-reactive ketones (excluding diaryl/α,β-unsaturated/α-hetero) is 2. The predicted molar refractivity (Wildman–Crippen MR) is 67.6 cm³/mol. The molecule has 2 aliphatic rings. The average Bonchev–Trinajstić information content (AvgIpc) is 2.76. The zero-order valence-electron chi connectivity index (χ0n) is 11.3. The first-order chi connectivity index (χ1) is 7.86. The van der Waals surface area contributed by atoms with Crippen LogP contribution in [-0.2, 0) is 9.59 Å². The standard InChI is InChI=1S/C15H22O2/c1-9(2)11-7-13-12(6-5-10(3)16)15(13,4)8-14(11)17/h12-13H,5-8H2,1-4H3/t12-,13-,15+/m0/s1. The summed E-state index contributed by atoms with van der Waals surface area (Å²) in [5.41, 5.74) is 2.43. The summed E-state index contributed by atoms with van der Waals surface area (Å²) >= 11 is 0. The Morgan fingerprint density at radius 2 is 2.00 bits per heavy atom. The van der Waals surface area contributed by atoms with Crippen LogP contribution in [0, 0.1) is 17.3 Å². The zero-order valence-corrected chi connectivity index (χ0v) is 11.3. The highest BCUT2D eigenvalue weighted by Gasteiger charge is 2.63. The summed E-state index contributed by atoms with van der Waals surface area (Å²) in [5, 5.41) is 0. The van der Waals surface area contributed by atoms with Crippen LogP contribution in [0.25, 0.3) is 0 Å². The molecule has 0 heterocycles. The zero-order chi connectivity index (χ0) is 12.8. The summed E-state index contributed by atoms with van der Waals surface area (Å²) in [6, 6.07) is 0. The molecule has 0 amide bonds. The van der Waals surface area contributed by atoms with E-state index in [0.717, 1.165) is 18.4 Å². The van der Waals surface area contributed by atoms with Crippen LogP contribution in [0.2, 0.25) is 0 Å². The molecule has 0 radical (unpaired) electrons. The Balaban J connectivity index is 2.07. The van der Waals surface area contributed by atoms with Crippen molar-refractivity contribution in [3.63, 3.8) is 0 Å². The maximum Gasteiger partial charge on any atom is 0.159 e. The van der Waals surface area contributed by atoms with E-state index in [0.29, 0.717) is 30.5 Å². The maximum absolute atomic E-state index is 12.0. The Kier molecular flexibility index (Phi) is 3.01. The Labute approximate surface area is 103 Å². The molecule has 0 aromatic rings. The lowest BCUT2D eigenvalue weighted by atomic mass is 9.84. The SMILES string of the molecule is CC(=O)CC[C@H]1[C@@H]2CC(=C(C)C)C(=O)C[C@]12C. The van der Waals surface area contributed by atoms with Gasteiger partial charge in [-0.25, -0.2) is 0 Å². The highest BCUT2D eigenvalue weighted by molar-refractivity contribution is 5.98. The van der Waals surface area contributed by atoms with Gasteiger partial charge in [-0.3, -0.25) is 4.79 Å². The first kappa shape index (κ1) is 12.5. The van der Waals surface area contributed by atoms with Crippen molar-refractivity contribution in [2.75, 3.05) is 0 Å². The van der Waals surface area contributed by atoms with E-state index in [-0.39, 0.29) is 11.2 Å². The number of carbonyl (C=O) groups is 2. The topological polar surface area (TPSA) is 34.1 Å². The number of fused-ring (bicyclic) bond motifs is 1. The lowest BCUT2D eigenvalue weighted by Gasteiger charge is -2.19. The van der Waals surface area contributed by atoms with Crippen molar-refractivity contribution in [1.82, 2.24) is 0 Å². The van der Waals surface area contributed by atoms with Gasteiger partial charge in [-0.2, -0.15) is 0 Å². The molecule has 3 atom stereocenters. The fourth-order valence-corrected chi connectivity index (χ4v) is 3.56. The number of ketones is 2. The lowest BCUT2D eigenvalue weighted by Crippen LogP contribution is -2.18. The Morgan fingerprint density at radius 3 is 2.53 bits per heavy atom. The summed E-state index contributed by atoms with van der Waals surface area (Å²) in [6.45, 7) is 7.94. The predicted octanol–water partition coefficient (Wildman–Crippen LogP) is 3.31. The smallest absolute Gasteiger partial charge is 0.159 e. The molecule has 94 valence electrons. The van der Waals surface area contributed by atoms with Gasteiger partial charge in [0, 0.05) is 12.8 Å². The molecule has 0 spiro atoms. The second-order valence-corrected chi connectivity index (χ2v) is 6.24. The van der Waals surface area contributed by atoms with E-state index in [1.54, 1.807) is 6.92 Å². The molecule has 0 N–H and O–H groups in total. The molecule has 2 rings (SSSR count). The first-order valence-corrected chi connectivity index (χ1v) is 6.55. The molecule has 2 aliphatic carbocycles. The molecule has 0 saturated heterocycles. The van der Waals surface area contributed by atoms with Gasteiger partial charge in [-0.05, 0) is 56.4 Å². The Morgan fingerprint density at radius 1 is 1.35 bits per heavy atom. The normalized spacial score (nSPS) is 35.5. The quantitative estimate of drug-likeness (QED) is 0.702. The summed E-state index contributed by atoms with van der Waals surface area (Å²) < 4.78 is 0. The van der Waals surface area contributed by atoms with Crippen LogP contribution in [0.3, 0.4) is 0 Å². The van der Waals surface area contributed by atoms with Crippen LogP contribution < -0.4 is 0 Å². The summed E-state index contributed by atoms with van der Waals surface area (Å²) in [4.78, 5) is 23.1. The molecule has 2 fully saturated rings. The third kappa shape index (κ3) is 2.10. The van der Waals surface area contributed by atoms with E-state index in [2.05, 4.69) is 6.92 Å². The summed E-state index contributed by atoms with van der Waals surface area (Å²) in [6.07, 6.45) is 3.29. The fourth-order valence-electron chi connectivity index (χ4n) is 3.56. The summed E-state index contributed by atoms with van der Waals surface area (Å²) in [5.74, 6) is 1.84. The van der Waals surface area contributed by atoms with Crippen LogP contribution in [0.4, 0.5) is 0 Å².